The number of rotatable bonds is 4. The van der Waals surface area contributed by atoms with Gasteiger partial charge in [-0.05, 0) is 36.7 Å². The zero-order chi connectivity index (χ0) is 14.1. The predicted molar refractivity (Wildman–Crippen MR) is 82.0 cm³/mol. The molecular weight excluding hydrogens is 232 g/mol. The van der Waals surface area contributed by atoms with Crippen molar-refractivity contribution in [1.82, 2.24) is 5.32 Å². The van der Waals surface area contributed by atoms with Gasteiger partial charge in [-0.3, -0.25) is 0 Å². The Kier molecular flexibility index (Phi) is 4.03. The van der Waals surface area contributed by atoms with E-state index in [1.807, 2.05) is 0 Å². The van der Waals surface area contributed by atoms with Crippen molar-refractivity contribution in [3.63, 3.8) is 0 Å². The van der Waals surface area contributed by atoms with Gasteiger partial charge in [-0.1, -0.05) is 51.1 Å². The summed E-state index contributed by atoms with van der Waals surface area (Å²) in [5.41, 5.74) is 7.96. The molecule has 0 bridgehead atoms. The van der Waals surface area contributed by atoms with Crippen molar-refractivity contribution in [2.24, 2.45) is 17.1 Å². The molecule has 0 spiro atoms. The molecule has 0 amide bonds. The van der Waals surface area contributed by atoms with Crippen molar-refractivity contribution < 1.29 is 0 Å². The molecule has 0 aromatic heterocycles. The quantitative estimate of drug-likeness (QED) is 0.869. The molecule has 0 saturated heterocycles. The molecule has 1 aliphatic carbocycles. The third-order valence-corrected chi connectivity index (χ3v) is 4.76. The second kappa shape index (κ2) is 5.26. The lowest BCUT2D eigenvalue weighted by Crippen LogP contribution is -2.54. The van der Waals surface area contributed by atoms with Crippen molar-refractivity contribution in [3.05, 3.63) is 35.9 Å². The summed E-state index contributed by atoms with van der Waals surface area (Å²) >= 11 is 0. The average molecular weight is 260 g/mol. The van der Waals surface area contributed by atoms with Gasteiger partial charge in [-0.25, -0.2) is 0 Å². The van der Waals surface area contributed by atoms with Crippen LogP contribution in [0.2, 0.25) is 0 Å². The van der Waals surface area contributed by atoms with Crippen LogP contribution in [0.5, 0.6) is 0 Å². The summed E-state index contributed by atoms with van der Waals surface area (Å²) in [6.45, 7) is 10.0. The Morgan fingerprint density at radius 1 is 1.32 bits per heavy atom. The highest BCUT2D eigenvalue weighted by molar-refractivity contribution is 5.19. The largest absolute Gasteiger partial charge is 0.329 e. The number of hydrogen-bond donors (Lipinski definition) is 2. The van der Waals surface area contributed by atoms with E-state index < -0.39 is 0 Å². The Bertz CT molecular complexity index is 413. The molecule has 0 radical (unpaired) electrons. The van der Waals surface area contributed by atoms with Crippen LogP contribution in [0.15, 0.2) is 30.3 Å². The summed E-state index contributed by atoms with van der Waals surface area (Å²) < 4.78 is 0. The van der Waals surface area contributed by atoms with Gasteiger partial charge in [0.25, 0.3) is 0 Å². The third kappa shape index (κ3) is 3.01. The maximum Gasteiger partial charge on any atom is 0.0340 e. The van der Waals surface area contributed by atoms with Gasteiger partial charge in [0, 0.05) is 18.1 Å². The molecule has 3 atom stereocenters. The molecule has 3 N–H and O–H groups in total. The summed E-state index contributed by atoms with van der Waals surface area (Å²) in [6, 6.07) is 11.0. The van der Waals surface area contributed by atoms with Crippen LogP contribution >= 0.6 is 0 Å². The predicted octanol–water partition coefficient (Wildman–Crippen LogP) is 3.49. The Labute approximate surface area is 117 Å². The van der Waals surface area contributed by atoms with Gasteiger partial charge in [-0.2, -0.15) is 0 Å². The summed E-state index contributed by atoms with van der Waals surface area (Å²) in [7, 11) is 0. The maximum atomic E-state index is 6.14. The lowest BCUT2D eigenvalue weighted by atomic mass is 9.85. The van der Waals surface area contributed by atoms with E-state index in [4.69, 9.17) is 5.73 Å². The van der Waals surface area contributed by atoms with Gasteiger partial charge >= 0.3 is 0 Å². The number of benzene rings is 1. The van der Waals surface area contributed by atoms with Gasteiger partial charge in [0.2, 0.25) is 0 Å². The fourth-order valence-corrected chi connectivity index (χ4v) is 3.91. The molecule has 2 rings (SSSR count). The molecular formula is C17H28N2. The fraction of sp³-hybridized carbons (Fsp3) is 0.647. The van der Waals surface area contributed by atoms with Crippen LogP contribution in [0.3, 0.4) is 0 Å². The first-order valence-corrected chi connectivity index (χ1v) is 7.41. The Morgan fingerprint density at radius 2 is 1.95 bits per heavy atom. The van der Waals surface area contributed by atoms with E-state index in [1.54, 1.807) is 0 Å². The molecule has 3 unspecified atom stereocenters. The van der Waals surface area contributed by atoms with Crippen molar-refractivity contribution in [3.8, 4) is 0 Å². The molecule has 1 saturated carbocycles. The average Bonchev–Trinajstić information content (AvgIpc) is 2.60. The first kappa shape index (κ1) is 14.5. The second-order valence-electron chi connectivity index (χ2n) is 7.08. The number of nitrogens with two attached hydrogens (primary N) is 1. The summed E-state index contributed by atoms with van der Waals surface area (Å²) in [5.74, 6) is 0.624. The first-order valence-electron chi connectivity index (χ1n) is 7.41. The van der Waals surface area contributed by atoms with E-state index in [0.717, 1.165) is 13.0 Å². The molecule has 2 heteroatoms. The van der Waals surface area contributed by atoms with Crippen molar-refractivity contribution in [2.75, 3.05) is 6.54 Å². The topological polar surface area (TPSA) is 38.0 Å². The fourth-order valence-electron chi connectivity index (χ4n) is 3.91. The monoisotopic (exact) mass is 260 g/mol. The molecule has 0 aliphatic heterocycles. The van der Waals surface area contributed by atoms with Crippen LogP contribution in [-0.4, -0.2) is 12.1 Å². The lowest BCUT2D eigenvalue weighted by molar-refractivity contribution is 0.233. The highest BCUT2D eigenvalue weighted by Gasteiger charge is 2.48. The van der Waals surface area contributed by atoms with Gasteiger partial charge in [0.15, 0.2) is 0 Å². The van der Waals surface area contributed by atoms with Gasteiger partial charge in [0.1, 0.15) is 0 Å². The SMILES string of the molecule is CC(NC1(CN)CC(C)(C)CC1C)c1ccccc1. The number of hydrogen-bond acceptors (Lipinski definition) is 2. The third-order valence-electron chi connectivity index (χ3n) is 4.76. The highest BCUT2D eigenvalue weighted by Crippen LogP contribution is 2.47. The van der Waals surface area contributed by atoms with E-state index in [2.05, 4.69) is 63.3 Å². The smallest absolute Gasteiger partial charge is 0.0340 e. The minimum absolute atomic E-state index is 0.0821. The summed E-state index contributed by atoms with van der Waals surface area (Å²) in [4.78, 5) is 0. The van der Waals surface area contributed by atoms with Crippen LogP contribution in [0.25, 0.3) is 0 Å². The van der Waals surface area contributed by atoms with E-state index in [-0.39, 0.29) is 5.54 Å². The van der Waals surface area contributed by atoms with Gasteiger partial charge < -0.3 is 11.1 Å². The minimum Gasteiger partial charge on any atom is -0.329 e. The molecule has 1 fully saturated rings. The highest BCUT2D eigenvalue weighted by atomic mass is 15.0. The first-order chi connectivity index (χ1) is 8.88. The van der Waals surface area contributed by atoms with E-state index in [0.29, 0.717) is 17.4 Å². The normalized spacial score (nSPS) is 31.3. The summed E-state index contributed by atoms with van der Waals surface area (Å²) in [5, 5.41) is 3.84. The molecule has 2 nitrogen and oxygen atoms in total. The maximum absolute atomic E-state index is 6.14. The van der Waals surface area contributed by atoms with E-state index in [9.17, 15) is 0 Å². The lowest BCUT2D eigenvalue weighted by Gasteiger charge is -2.37. The summed E-state index contributed by atoms with van der Waals surface area (Å²) in [6.07, 6.45) is 2.41. The molecule has 106 valence electrons. The van der Waals surface area contributed by atoms with Crippen LogP contribution in [0.4, 0.5) is 0 Å². The molecule has 0 heterocycles. The van der Waals surface area contributed by atoms with Crippen LogP contribution in [-0.2, 0) is 0 Å². The molecule has 1 aromatic carbocycles. The Balaban J connectivity index is 2.16. The van der Waals surface area contributed by atoms with E-state index >= 15 is 0 Å². The molecule has 1 aliphatic rings. The minimum atomic E-state index is 0.0821. The van der Waals surface area contributed by atoms with Gasteiger partial charge in [-0.15, -0.1) is 0 Å². The number of nitrogens with one attached hydrogen (secondary N) is 1. The van der Waals surface area contributed by atoms with Crippen LogP contribution < -0.4 is 11.1 Å². The van der Waals surface area contributed by atoms with Crippen molar-refractivity contribution in [2.45, 2.75) is 52.1 Å². The van der Waals surface area contributed by atoms with Crippen molar-refractivity contribution in [1.29, 1.82) is 0 Å². The van der Waals surface area contributed by atoms with E-state index in [1.165, 1.54) is 12.0 Å². The van der Waals surface area contributed by atoms with Crippen LogP contribution in [0, 0.1) is 11.3 Å². The molecule has 1 aromatic rings. The van der Waals surface area contributed by atoms with Gasteiger partial charge in [0.05, 0.1) is 0 Å². The zero-order valence-corrected chi connectivity index (χ0v) is 12.7. The standard InChI is InChI=1S/C17H28N2/c1-13-10-16(3,4)11-17(13,12-18)19-14(2)15-8-6-5-7-9-15/h5-9,13-14,19H,10-12,18H2,1-4H3. The molecule has 19 heavy (non-hydrogen) atoms. The zero-order valence-electron chi connectivity index (χ0n) is 12.7. The Morgan fingerprint density at radius 3 is 2.42 bits per heavy atom. The van der Waals surface area contributed by atoms with Crippen LogP contribution in [0.1, 0.15) is 52.1 Å². The van der Waals surface area contributed by atoms with Crippen molar-refractivity contribution >= 4 is 0 Å². The Hall–Kier alpha value is -0.860. The second-order valence-corrected chi connectivity index (χ2v) is 7.08.